The lowest BCUT2D eigenvalue weighted by molar-refractivity contribution is -0.132. The van der Waals surface area contributed by atoms with Gasteiger partial charge < -0.3 is 15.4 Å². The quantitative estimate of drug-likeness (QED) is 0.278. The molecule has 1 aromatic carbocycles. The van der Waals surface area contributed by atoms with Crippen molar-refractivity contribution < 1.29 is 17.9 Å². The Kier molecular flexibility index (Phi) is 11.2. The number of alkyl halides is 3. The Hall–Kier alpha value is -0.900. The third-order valence-electron chi connectivity index (χ3n) is 2.49. The third-order valence-corrected chi connectivity index (χ3v) is 2.74. The van der Waals surface area contributed by atoms with Gasteiger partial charge in [0.1, 0.15) is 12.4 Å². The van der Waals surface area contributed by atoms with Crippen molar-refractivity contribution in [2.24, 2.45) is 4.99 Å². The highest BCUT2D eigenvalue weighted by Gasteiger charge is 2.26. The zero-order chi connectivity index (χ0) is 16.4. The zero-order valence-corrected chi connectivity index (χ0v) is 15.7. The van der Waals surface area contributed by atoms with E-state index in [4.69, 9.17) is 16.3 Å². The Morgan fingerprint density at radius 3 is 2.43 bits per heavy atom. The highest BCUT2D eigenvalue weighted by Crippen LogP contribution is 2.18. The van der Waals surface area contributed by atoms with Crippen LogP contribution in [0, 0.1) is 0 Å². The van der Waals surface area contributed by atoms with Crippen LogP contribution in [-0.4, -0.2) is 38.4 Å². The Morgan fingerprint density at radius 2 is 1.87 bits per heavy atom. The normalized spacial score (nSPS) is 11.6. The summed E-state index contributed by atoms with van der Waals surface area (Å²) in [6, 6.07) is 6.91. The largest absolute Gasteiger partial charge is 0.492 e. The molecule has 0 heterocycles. The minimum absolute atomic E-state index is 0. The molecule has 2 N–H and O–H groups in total. The van der Waals surface area contributed by atoms with Gasteiger partial charge >= 0.3 is 6.18 Å². The summed E-state index contributed by atoms with van der Waals surface area (Å²) in [6.07, 6.45) is -5.14. The number of halogens is 5. The predicted molar refractivity (Wildman–Crippen MR) is 97.0 cm³/mol. The minimum Gasteiger partial charge on any atom is -0.492 e. The molecule has 0 aliphatic rings. The maximum atomic E-state index is 12.1. The molecule has 0 aliphatic carbocycles. The number of rotatable bonds is 7. The Bertz CT molecular complexity index is 469. The van der Waals surface area contributed by atoms with Crippen molar-refractivity contribution >= 4 is 41.5 Å². The molecule has 9 heteroatoms. The Morgan fingerprint density at radius 1 is 1.22 bits per heavy atom. The molecular formula is C14H20ClF3IN3O. The molecule has 0 radical (unpaired) electrons. The second-order valence-electron chi connectivity index (χ2n) is 4.35. The van der Waals surface area contributed by atoms with Crippen molar-refractivity contribution in [3.8, 4) is 5.75 Å². The summed E-state index contributed by atoms with van der Waals surface area (Å²) >= 11 is 5.76. The molecule has 0 aliphatic heterocycles. The fourth-order valence-corrected chi connectivity index (χ4v) is 1.63. The van der Waals surface area contributed by atoms with Crippen LogP contribution in [-0.2, 0) is 0 Å². The number of guanidine groups is 1. The van der Waals surface area contributed by atoms with E-state index in [1.165, 1.54) is 0 Å². The second kappa shape index (κ2) is 11.6. The highest BCUT2D eigenvalue weighted by molar-refractivity contribution is 14.0. The van der Waals surface area contributed by atoms with Gasteiger partial charge in [0.25, 0.3) is 0 Å². The standard InChI is InChI=1S/C14H19ClF3N3O.HI/c1-2-19-13(20-8-7-14(16,17)18)21-9-10-22-12-5-3-11(15)4-6-12;/h3-6H,2,7-10H2,1H3,(H2,19,20,21);1H. The maximum Gasteiger partial charge on any atom is 0.390 e. The highest BCUT2D eigenvalue weighted by atomic mass is 127. The Labute approximate surface area is 155 Å². The first kappa shape index (κ1) is 22.1. The van der Waals surface area contributed by atoms with Crippen molar-refractivity contribution in [2.45, 2.75) is 19.5 Å². The van der Waals surface area contributed by atoms with Crippen molar-refractivity contribution in [2.75, 3.05) is 26.2 Å². The first-order valence-corrected chi connectivity index (χ1v) is 7.26. The molecule has 1 rings (SSSR count). The van der Waals surface area contributed by atoms with Gasteiger partial charge in [-0.2, -0.15) is 13.2 Å². The summed E-state index contributed by atoms with van der Waals surface area (Å²) in [5, 5.41) is 6.40. The zero-order valence-electron chi connectivity index (χ0n) is 12.6. The molecule has 0 atom stereocenters. The minimum atomic E-state index is -4.20. The van der Waals surface area contributed by atoms with Crippen LogP contribution in [0.5, 0.6) is 5.75 Å². The molecule has 132 valence electrons. The molecule has 1 aromatic rings. The average molecular weight is 466 g/mol. The molecule has 4 nitrogen and oxygen atoms in total. The molecular weight excluding hydrogens is 446 g/mol. The lowest BCUT2D eigenvalue weighted by Crippen LogP contribution is -2.39. The van der Waals surface area contributed by atoms with Crippen LogP contribution < -0.4 is 15.4 Å². The summed E-state index contributed by atoms with van der Waals surface area (Å²) in [5.74, 6) is 1.01. The second-order valence-corrected chi connectivity index (χ2v) is 4.79. The van der Waals surface area contributed by atoms with E-state index in [-0.39, 0.29) is 30.5 Å². The van der Waals surface area contributed by atoms with E-state index in [0.29, 0.717) is 36.4 Å². The Balaban J connectivity index is 0.00000484. The summed E-state index contributed by atoms with van der Waals surface area (Å²) in [4.78, 5) is 3.86. The predicted octanol–water partition coefficient (Wildman–Crippen LogP) is 3.84. The molecule has 0 bridgehead atoms. The molecule has 23 heavy (non-hydrogen) atoms. The molecule has 0 unspecified atom stereocenters. The molecule has 0 spiro atoms. The summed E-state index contributed by atoms with van der Waals surface area (Å²) < 4.78 is 41.7. The van der Waals surface area contributed by atoms with Gasteiger partial charge in [-0.25, -0.2) is 0 Å². The maximum absolute atomic E-state index is 12.1. The van der Waals surface area contributed by atoms with E-state index in [2.05, 4.69) is 15.6 Å². The van der Waals surface area contributed by atoms with Gasteiger partial charge in [0.15, 0.2) is 5.96 Å². The first-order valence-electron chi connectivity index (χ1n) is 6.88. The lowest BCUT2D eigenvalue weighted by atomic mass is 10.3. The number of nitrogens with zero attached hydrogens (tertiary/aromatic N) is 1. The summed E-state index contributed by atoms with van der Waals surface area (Å²) in [5.41, 5.74) is 0. The van der Waals surface area contributed by atoms with Crippen LogP contribution in [0.1, 0.15) is 13.3 Å². The number of nitrogens with one attached hydrogen (secondary N) is 2. The number of benzene rings is 1. The molecule has 0 fully saturated rings. The van der Waals surface area contributed by atoms with Gasteiger partial charge in [0.05, 0.1) is 19.5 Å². The van der Waals surface area contributed by atoms with Gasteiger partial charge in [-0.05, 0) is 31.2 Å². The molecule has 0 aromatic heterocycles. The van der Waals surface area contributed by atoms with Gasteiger partial charge in [-0.15, -0.1) is 24.0 Å². The van der Waals surface area contributed by atoms with Crippen LogP contribution in [0.3, 0.4) is 0 Å². The van der Waals surface area contributed by atoms with Gasteiger partial charge in [0.2, 0.25) is 0 Å². The van der Waals surface area contributed by atoms with E-state index in [1.807, 2.05) is 6.92 Å². The smallest absolute Gasteiger partial charge is 0.390 e. The van der Waals surface area contributed by atoms with Crippen LogP contribution in [0.25, 0.3) is 0 Å². The molecule has 0 saturated heterocycles. The van der Waals surface area contributed by atoms with Crippen LogP contribution >= 0.6 is 35.6 Å². The van der Waals surface area contributed by atoms with E-state index in [9.17, 15) is 13.2 Å². The van der Waals surface area contributed by atoms with Crippen molar-refractivity contribution in [1.82, 2.24) is 10.6 Å². The number of aliphatic imine (C=N–C) groups is 1. The average Bonchev–Trinajstić information content (AvgIpc) is 2.44. The number of hydrogen-bond donors (Lipinski definition) is 2. The van der Waals surface area contributed by atoms with Gasteiger partial charge in [-0.3, -0.25) is 4.99 Å². The SMILES string of the molecule is CCNC(=NCCC(F)(F)F)NCCOc1ccc(Cl)cc1.I. The summed E-state index contributed by atoms with van der Waals surface area (Å²) in [7, 11) is 0. The topological polar surface area (TPSA) is 45.7 Å². The van der Waals surface area contributed by atoms with Crippen molar-refractivity contribution in [3.05, 3.63) is 29.3 Å². The fourth-order valence-electron chi connectivity index (χ4n) is 1.51. The van der Waals surface area contributed by atoms with E-state index in [0.717, 1.165) is 0 Å². The number of ether oxygens (including phenoxy) is 1. The third kappa shape index (κ3) is 11.3. The van der Waals surface area contributed by atoms with Crippen LogP contribution in [0.4, 0.5) is 13.2 Å². The summed E-state index contributed by atoms with van der Waals surface area (Å²) in [6.45, 7) is 2.86. The van der Waals surface area contributed by atoms with Crippen molar-refractivity contribution in [3.63, 3.8) is 0 Å². The van der Waals surface area contributed by atoms with E-state index >= 15 is 0 Å². The van der Waals surface area contributed by atoms with Crippen LogP contribution in [0.15, 0.2) is 29.3 Å². The molecule has 0 saturated carbocycles. The van der Waals surface area contributed by atoms with Gasteiger partial charge in [-0.1, -0.05) is 11.6 Å². The first-order chi connectivity index (χ1) is 10.4. The van der Waals surface area contributed by atoms with E-state index < -0.39 is 12.6 Å². The van der Waals surface area contributed by atoms with Crippen molar-refractivity contribution in [1.29, 1.82) is 0 Å². The van der Waals surface area contributed by atoms with E-state index in [1.54, 1.807) is 24.3 Å². The lowest BCUT2D eigenvalue weighted by Gasteiger charge is -2.12. The fraction of sp³-hybridized carbons (Fsp3) is 0.500. The van der Waals surface area contributed by atoms with Gasteiger partial charge in [0, 0.05) is 11.6 Å². The monoisotopic (exact) mass is 465 g/mol. The van der Waals surface area contributed by atoms with Crippen LogP contribution in [0.2, 0.25) is 5.02 Å². The molecule has 0 amide bonds. The number of hydrogen-bond acceptors (Lipinski definition) is 2.